The molecule has 1 aromatic carbocycles. The van der Waals surface area contributed by atoms with Crippen LogP contribution in [0.1, 0.15) is 10.4 Å². The van der Waals surface area contributed by atoms with Gasteiger partial charge in [0, 0.05) is 17.7 Å². The highest BCUT2D eigenvalue weighted by molar-refractivity contribution is 6.30. The number of nitrogens with zero attached hydrogens (tertiary/aromatic N) is 1. The predicted octanol–water partition coefficient (Wildman–Crippen LogP) is 1.57. The Balaban J connectivity index is 2.70. The number of ether oxygens (including phenoxy) is 1. The summed E-state index contributed by atoms with van der Waals surface area (Å²) in [6.45, 7) is 0. The lowest BCUT2D eigenvalue weighted by Crippen LogP contribution is -2.34. The molecule has 0 aromatic heterocycles. The molecule has 15 heavy (non-hydrogen) atoms. The fraction of sp³-hybridized carbons (Fsp3) is 0.200. The molecule has 0 saturated carbocycles. The van der Waals surface area contributed by atoms with Crippen LogP contribution in [0.25, 0.3) is 0 Å². The van der Waals surface area contributed by atoms with Crippen molar-refractivity contribution in [2.75, 3.05) is 7.11 Å². The first-order valence-electron chi connectivity index (χ1n) is 4.16. The van der Waals surface area contributed by atoms with Gasteiger partial charge in [0.15, 0.2) is 0 Å². The Kier molecular flexibility index (Phi) is 4.10. The largest absolute Gasteiger partial charge is 0.349 e. The standard InChI is InChI=1S/C10H9ClN2O2/c1-15-9(6-12)13-10(14)7-2-4-8(11)5-3-7/h2-5,9H,1H3,(H,13,14). The smallest absolute Gasteiger partial charge is 0.254 e. The van der Waals surface area contributed by atoms with Gasteiger partial charge in [-0.3, -0.25) is 4.79 Å². The highest BCUT2D eigenvalue weighted by atomic mass is 35.5. The summed E-state index contributed by atoms with van der Waals surface area (Å²) in [5, 5.41) is 11.5. The van der Waals surface area contributed by atoms with Crippen molar-refractivity contribution in [1.82, 2.24) is 5.32 Å². The average Bonchev–Trinajstić information content (AvgIpc) is 2.26. The number of carbonyl (C=O) groups is 1. The van der Waals surface area contributed by atoms with Gasteiger partial charge in [-0.15, -0.1) is 0 Å². The molecule has 0 bridgehead atoms. The Hall–Kier alpha value is -1.57. The van der Waals surface area contributed by atoms with E-state index in [9.17, 15) is 4.79 Å². The predicted molar refractivity (Wildman–Crippen MR) is 55.3 cm³/mol. The van der Waals surface area contributed by atoms with Gasteiger partial charge < -0.3 is 10.1 Å². The van der Waals surface area contributed by atoms with Crippen LogP contribution in [0.15, 0.2) is 24.3 Å². The van der Waals surface area contributed by atoms with Crippen LogP contribution in [0.5, 0.6) is 0 Å². The molecule has 0 heterocycles. The monoisotopic (exact) mass is 224 g/mol. The molecular weight excluding hydrogens is 216 g/mol. The van der Waals surface area contributed by atoms with E-state index >= 15 is 0 Å². The summed E-state index contributed by atoms with van der Waals surface area (Å²) in [5.41, 5.74) is 0.428. The molecule has 1 aromatic rings. The molecule has 0 fully saturated rings. The number of hydrogen-bond acceptors (Lipinski definition) is 3. The first kappa shape index (κ1) is 11.5. The van der Waals surface area contributed by atoms with E-state index in [0.717, 1.165) is 0 Å². The number of benzene rings is 1. The molecule has 0 aliphatic heterocycles. The van der Waals surface area contributed by atoms with Crippen molar-refractivity contribution in [3.63, 3.8) is 0 Å². The number of hydrogen-bond donors (Lipinski definition) is 1. The van der Waals surface area contributed by atoms with Crippen LogP contribution in [0.3, 0.4) is 0 Å². The van der Waals surface area contributed by atoms with Gasteiger partial charge in [0.1, 0.15) is 6.07 Å². The SMILES string of the molecule is COC(C#N)NC(=O)c1ccc(Cl)cc1. The van der Waals surface area contributed by atoms with E-state index in [1.54, 1.807) is 30.3 Å². The summed E-state index contributed by atoms with van der Waals surface area (Å²) >= 11 is 5.67. The van der Waals surface area contributed by atoms with Crippen molar-refractivity contribution in [3.05, 3.63) is 34.9 Å². The molecule has 0 spiro atoms. The van der Waals surface area contributed by atoms with E-state index in [4.69, 9.17) is 21.6 Å². The molecular formula is C10H9ClN2O2. The summed E-state index contributed by atoms with van der Waals surface area (Å²) in [5.74, 6) is -0.375. The second-order valence-electron chi connectivity index (χ2n) is 2.73. The molecule has 5 heteroatoms. The zero-order chi connectivity index (χ0) is 11.3. The normalized spacial score (nSPS) is 11.5. The highest BCUT2D eigenvalue weighted by Gasteiger charge is 2.11. The van der Waals surface area contributed by atoms with Crippen molar-refractivity contribution < 1.29 is 9.53 Å². The summed E-state index contributed by atoms with van der Waals surface area (Å²) in [7, 11) is 1.34. The molecule has 0 radical (unpaired) electrons. The lowest BCUT2D eigenvalue weighted by atomic mass is 10.2. The number of nitrogens with one attached hydrogen (secondary N) is 1. The third-order valence-corrected chi connectivity index (χ3v) is 1.97. The Bertz CT molecular complexity index is 383. The second-order valence-corrected chi connectivity index (χ2v) is 3.16. The van der Waals surface area contributed by atoms with Gasteiger partial charge in [0.25, 0.3) is 5.91 Å². The number of methoxy groups -OCH3 is 1. The van der Waals surface area contributed by atoms with Crippen molar-refractivity contribution in [2.45, 2.75) is 6.23 Å². The van der Waals surface area contributed by atoms with Gasteiger partial charge >= 0.3 is 0 Å². The van der Waals surface area contributed by atoms with Crippen molar-refractivity contribution in [2.24, 2.45) is 0 Å². The number of halogens is 1. The molecule has 4 nitrogen and oxygen atoms in total. The Morgan fingerprint density at radius 1 is 1.53 bits per heavy atom. The summed E-state index contributed by atoms with van der Waals surface area (Å²) in [6.07, 6.45) is -0.937. The average molecular weight is 225 g/mol. The van der Waals surface area contributed by atoms with Crippen LogP contribution >= 0.6 is 11.6 Å². The van der Waals surface area contributed by atoms with Crippen LogP contribution in [0, 0.1) is 11.3 Å². The number of rotatable bonds is 3. The molecule has 1 rings (SSSR count). The molecule has 1 N–H and O–H groups in total. The summed E-state index contributed by atoms with van der Waals surface area (Å²) in [4.78, 5) is 11.5. The van der Waals surface area contributed by atoms with Gasteiger partial charge in [-0.1, -0.05) is 11.6 Å². The molecule has 1 atom stereocenters. The minimum Gasteiger partial charge on any atom is -0.349 e. The van der Waals surface area contributed by atoms with Gasteiger partial charge in [-0.25, -0.2) is 0 Å². The van der Waals surface area contributed by atoms with Gasteiger partial charge in [0.2, 0.25) is 6.23 Å². The van der Waals surface area contributed by atoms with Gasteiger partial charge in [0.05, 0.1) is 0 Å². The van der Waals surface area contributed by atoms with E-state index in [2.05, 4.69) is 5.32 Å². The summed E-state index contributed by atoms with van der Waals surface area (Å²) < 4.78 is 4.70. The lowest BCUT2D eigenvalue weighted by molar-refractivity contribution is 0.0764. The van der Waals surface area contributed by atoms with Crippen LogP contribution in [0.4, 0.5) is 0 Å². The third-order valence-electron chi connectivity index (χ3n) is 1.72. The number of amides is 1. The van der Waals surface area contributed by atoms with E-state index in [0.29, 0.717) is 10.6 Å². The number of nitriles is 1. The van der Waals surface area contributed by atoms with Crippen molar-refractivity contribution in [3.8, 4) is 6.07 Å². The first-order valence-corrected chi connectivity index (χ1v) is 4.54. The summed E-state index contributed by atoms with van der Waals surface area (Å²) in [6, 6.07) is 8.13. The third kappa shape index (κ3) is 3.24. The van der Waals surface area contributed by atoms with Crippen LogP contribution in [-0.4, -0.2) is 19.2 Å². The molecule has 0 saturated heterocycles. The fourth-order valence-electron chi connectivity index (χ4n) is 0.948. The van der Waals surface area contributed by atoms with E-state index < -0.39 is 6.23 Å². The zero-order valence-corrected chi connectivity index (χ0v) is 8.78. The topological polar surface area (TPSA) is 62.1 Å². The van der Waals surface area contributed by atoms with Crippen molar-refractivity contribution in [1.29, 1.82) is 5.26 Å². The maximum atomic E-state index is 11.5. The highest BCUT2D eigenvalue weighted by Crippen LogP contribution is 2.09. The number of carbonyl (C=O) groups excluding carboxylic acids is 1. The van der Waals surface area contributed by atoms with Crippen molar-refractivity contribution >= 4 is 17.5 Å². The van der Waals surface area contributed by atoms with Gasteiger partial charge in [-0.2, -0.15) is 5.26 Å². The Labute approximate surface area is 92.4 Å². The lowest BCUT2D eigenvalue weighted by Gasteiger charge is -2.09. The molecule has 78 valence electrons. The minimum atomic E-state index is -0.937. The maximum Gasteiger partial charge on any atom is 0.254 e. The molecule has 1 amide bonds. The van der Waals surface area contributed by atoms with Crippen LogP contribution in [0.2, 0.25) is 5.02 Å². The van der Waals surface area contributed by atoms with E-state index in [1.165, 1.54) is 7.11 Å². The molecule has 0 aliphatic rings. The Morgan fingerprint density at radius 3 is 2.60 bits per heavy atom. The maximum absolute atomic E-state index is 11.5. The van der Waals surface area contributed by atoms with E-state index in [1.807, 2.05) is 0 Å². The molecule has 1 unspecified atom stereocenters. The van der Waals surface area contributed by atoms with Crippen LogP contribution in [-0.2, 0) is 4.74 Å². The molecule has 0 aliphatic carbocycles. The Morgan fingerprint density at radius 2 is 2.13 bits per heavy atom. The van der Waals surface area contributed by atoms with Gasteiger partial charge in [-0.05, 0) is 24.3 Å². The minimum absolute atomic E-state index is 0.375. The fourth-order valence-corrected chi connectivity index (χ4v) is 1.07. The quantitative estimate of drug-likeness (QED) is 0.793. The van der Waals surface area contributed by atoms with E-state index in [-0.39, 0.29) is 5.91 Å². The zero-order valence-electron chi connectivity index (χ0n) is 8.03. The first-order chi connectivity index (χ1) is 7.17. The second kappa shape index (κ2) is 5.35. The van der Waals surface area contributed by atoms with Crippen LogP contribution < -0.4 is 5.32 Å².